The van der Waals surface area contributed by atoms with Crippen molar-refractivity contribution in [2.45, 2.75) is 38.9 Å². The van der Waals surface area contributed by atoms with E-state index in [1.807, 2.05) is 13.8 Å². The van der Waals surface area contributed by atoms with Crippen LogP contribution in [-0.2, 0) is 9.53 Å². The summed E-state index contributed by atoms with van der Waals surface area (Å²) in [4.78, 5) is 11.5. The van der Waals surface area contributed by atoms with Gasteiger partial charge in [0.25, 0.3) is 0 Å². The predicted octanol–water partition coefficient (Wildman–Crippen LogP) is 2.88. The number of hydrogen-bond acceptors (Lipinski definition) is 2. The summed E-state index contributed by atoms with van der Waals surface area (Å²) >= 11 is 3.29. The van der Waals surface area contributed by atoms with Gasteiger partial charge in [0, 0.05) is 17.8 Å². The minimum atomic E-state index is -4.34. The van der Waals surface area contributed by atoms with Crippen LogP contribution in [0.25, 0.3) is 0 Å². The molecule has 108 valence electrons. The highest BCUT2D eigenvalue weighted by molar-refractivity contribution is 9.09. The second kappa shape index (κ2) is 8.74. The highest BCUT2D eigenvalue weighted by Crippen LogP contribution is 2.14. The van der Waals surface area contributed by atoms with Crippen LogP contribution in [0.4, 0.5) is 13.2 Å². The molecule has 3 nitrogen and oxygen atoms in total. The van der Waals surface area contributed by atoms with Crippen LogP contribution in [-0.4, -0.2) is 36.7 Å². The van der Waals surface area contributed by atoms with Gasteiger partial charge in [-0.05, 0) is 12.3 Å². The molecule has 0 saturated heterocycles. The standard InChI is InChI=1S/C11H19BrF3NO2/c1-8(2)9(3-5-12)16-10(17)4-6-18-7-11(13,14)15/h8-9H,3-7H2,1-2H3,(H,16,17). The van der Waals surface area contributed by atoms with Crippen molar-refractivity contribution in [1.29, 1.82) is 0 Å². The van der Waals surface area contributed by atoms with E-state index in [0.29, 0.717) is 0 Å². The SMILES string of the molecule is CC(C)C(CCBr)NC(=O)CCOCC(F)(F)F. The molecule has 0 aromatic rings. The molecule has 0 aliphatic rings. The lowest BCUT2D eigenvalue weighted by Gasteiger charge is -2.21. The number of hydrogen-bond donors (Lipinski definition) is 1. The molecule has 0 rings (SSSR count). The fourth-order valence-electron chi connectivity index (χ4n) is 1.32. The van der Waals surface area contributed by atoms with Gasteiger partial charge in [0.2, 0.25) is 5.91 Å². The van der Waals surface area contributed by atoms with Gasteiger partial charge in [0.1, 0.15) is 6.61 Å². The minimum absolute atomic E-state index is 0.0273. The molecule has 0 fully saturated rings. The Bertz CT molecular complexity index is 247. The molecule has 1 N–H and O–H groups in total. The second-order valence-corrected chi connectivity index (χ2v) is 5.11. The zero-order chi connectivity index (χ0) is 14.2. The predicted molar refractivity (Wildman–Crippen MR) is 66.7 cm³/mol. The molecule has 7 heteroatoms. The molecule has 1 amide bonds. The van der Waals surface area contributed by atoms with Crippen LogP contribution in [0.3, 0.4) is 0 Å². The first-order valence-electron chi connectivity index (χ1n) is 5.76. The van der Waals surface area contributed by atoms with E-state index in [9.17, 15) is 18.0 Å². The molecular formula is C11H19BrF3NO2. The zero-order valence-corrected chi connectivity index (χ0v) is 12.1. The van der Waals surface area contributed by atoms with Crippen molar-refractivity contribution in [1.82, 2.24) is 5.32 Å². The summed E-state index contributed by atoms with van der Waals surface area (Å²) in [6.07, 6.45) is -3.61. The molecular weight excluding hydrogens is 315 g/mol. The second-order valence-electron chi connectivity index (χ2n) is 4.31. The largest absolute Gasteiger partial charge is 0.411 e. The van der Waals surface area contributed by atoms with Gasteiger partial charge in [-0.3, -0.25) is 4.79 Å². The minimum Gasteiger partial charge on any atom is -0.372 e. The topological polar surface area (TPSA) is 38.3 Å². The third-order valence-corrected chi connectivity index (χ3v) is 2.77. The first kappa shape index (κ1) is 17.7. The number of carbonyl (C=O) groups is 1. The maximum absolute atomic E-state index is 11.8. The molecule has 0 spiro atoms. The maximum Gasteiger partial charge on any atom is 0.411 e. The van der Waals surface area contributed by atoms with Gasteiger partial charge < -0.3 is 10.1 Å². The Morgan fingerprint density at radius 3 is 2.44 bits per heavy atom. The third-order valence-electron chi connectivity index (χ3n) is 2.31. The molecule has 0 radical (unpaired) electrons. The number of amides is 1. The summed E-state index contributed by atoms with van der Waals surface area (Å²) in [5.41, 5.74) is 0. The molecule has 1 atom stereocenters. The van der Waals surface area contributed by atoms with Gasteiger partial charge in [-0.1, -0.05) is 29.8 Å². The number of halogens is 4. The van der Waals surface area contributed by atoms with E-state index in [4.69, 9.17) is 0 Å². The van der Waals surface area contributed by atoms with Crippen molar-refractivity contribution in [2.75, 3.05) is 18.5 Å². The lowest BCUT2D eigenvalue weighted by atomic mass is 10.0. The first-order chi connectivity index (χ1) is 8.26. The highest BCUT2D eigenvalue weighted by Gasteiger charge is 2.27. The van der Waals surface area contributed by atoms with E-state index in [0.717, 1.165) is 11.8 Å². The van der Waals surface area contributed by atoms with Crippen LogP contribution in [0.5, 0.6) is 0 Å². The lowest BCUT2D eigenvalue weighted by molar-refractivity contribution is -0.174. The number of carbonyl (C=O) groups excluding carboxylic acids is 1. The summed E-state index contributed by atoms with van der Waals surface area (Å²) in [5.74, 6) is -0.000539. The Morgan fingerprint density at radius 1 is 1.39 bits per heavy atom. The van der Waals surface area contributed by atoms with Crippen molar-refractivity contribution < 1.29 is 22.7 Å². The summed E-state index contributed by atoms with van der Waals surface area (Å²) in [6, 6.07) is 0.0273. The summed E-state index contributed by atoms with van der Waals surface area (Å²) < 4.78 is 39.7. The Hall–Kier alpha value is -0.300. The number of rotatable bonds is 8. The molecule has 18 heavy (non-hydrogen) atoms. The van der Waals surface area contributed by atoms with Gasteiger partial charge in [0.05, 0.1) is 6.61 Å². The molecule has 1 unspecified atom stereocenters. The van der Waals surface area contributed by atoms with Crippen LogP contribution >= 0.6 is 15.9 Å². The van der Waals surface area contributed by atoms with E-state index >= 15 is 0 Å². The van der Waals surface area contributed by atoms with Crippen LogP contribution in [0.15, 0.2) is 0 Å². The van der Waals surface area contributed by atoms with Gasteiger partial charge in [-0.15, -0.1) is 0 Å². The van der Waals surface area contributed by atoms with Gasteiger partial charge in [0.15, 0.2) is 0 Å². The third kappa shape index (κ3) is 9.70. The van der Waals surface area contributed by atoms with Gasteiger partial charge in [-0.25, -0.2) is 0 Å². The van der Waals surface area contributed by atoms with E-state index in [1.54, 1.807) is 0 Å². The maximum atomic E-state index is 11.8. The zero-order valence-electron chi connectivity index (χ0n) is 10.5. The average molecular weight is 334 g/mol. The Morgan fingerprint density at radius 2 is 2.00 bits per heavy atom. The normalized spacial score (nSPS) is 13.7. The van der Waals surface area contributed by atoms with Crippen molar-refractivity contribution in [3.05, 3.63) is 0 Å². The smallest absolute Gasteiger partial charge is 0.372 e. The molecule has 0 saturated carbocycles. The first-order valence-corrected chi connectivity index (χ1v) is 6.88. The molecule has 0 aromatic heterocycles. The van der Waals surface area contributed by atoms with E-state index in [-0.39, 0.29) is 30.9 Å². The number of ether oxygens (including phenoxy) is 1. The molecule has 0 aromatic carbocycles. The van der Waals surface area contributed by atoms with E-state index < -0.39 is 12.8 Å². The molecule has 0 aliphatic heterocycles. The fourth-order valence-corrected chi connectivity index (χ4v) is 1.81. The van der Waals surface area contributed by atoms with Crippen molar-refractivity contribution in [3.63, 3.8) is 0 Å². The van der Waals surface area contributed by atoms with Crippen molar-refractivity contribution in [3.8, 4) is 0 Å². The summed E-state index contributed by atoms with van der Waals surface area (Å²) in [7, 11) is 0. The highest BCUT2D eigenvalue weighted by atomic mass is 79.9. The van der Waals surface area contributed by atoms with E-state index in [1.165, 1.54) is 0 Å². The Balaban J connectivity index is 3.82. The van der Waals surface area contributed by atoms with Crippen LogP contribution < -0.4 is 5.32 Å². The Labute approximate surface area is 114 Å². The quantitative estimate of drug-likeness (QED) is 0.548. The average Bonchev–Trinajstić information content (AvgIpc) is 2.22. The Kier molecular flexibility index (Phi) is 8.60. The number of alkyl halides is 4. The fraction of sp³-hybridized carbons (Fsp3) is 0.909. The van der Waals surface area contributed by atoms with Crippen LogP contribution in [0, 0.1) is 5.92 Å². The van der Waals surface area contributed by atoms with E-state index in [2.05, 4.69) is 26.0 Å². The van der Waals surface area contributed by atoms with Crippen LogP contribution in [0.2, 0.25) is 0 Å². The number of nitrogens with one attached hydrogen (secondary N) is 1. The monoisotopic (exact) mass is 333 g/mol. The van der Waals surface area contributed by atoms with Crippen molar-refractivity contribution in [2.24, 2.45) is 5.92 Å². The summed E-state index contributed by atoms with van der Waals surface area (Å²) in [5, 5.41) is 3.55. The molecule has 0 bridgehead atoms. The lowest BCUT2D eigenvalue weighted by Crippen LogP contribution is -2.39. The van der Waals surface area contributed by atoms with Gasteiger partial charge in [-0.2, -0.15) is 13.2 Å². The van der Waals surface area contributed by atoms with Crippen LogP contribution in [0.1, 0.15) is 26.7 Å². The summed E-state index contributed by atoms with van der Waals surface area (Å²) in [6.45, 7) is 2.43. The van der Waals surface area contributed by atoms with Gasteiger partial charge >= 0.3 is 6.18 Å². The van der Waals surface area contributed by atoms with Crippen molar-refractivity contribution >= 4 is 21.8 Å². The molecule has 0 heterocycles. The molecule has 0 aliphatic carbocycles.